The Balaban J connectivity index is 1.22. The summed E-state index contributed by atoms with van der Waals surface area (Å²) in [5.41, 5.74) is 3.22. The molecule has 3 heterocycles. The lowest BCUT2D eigenvalue weighted by atomic mass is 10.1. The number of aromatic nitrogens is 3. The Kier molecular flexibility index (Phi) is 7.82. The van der Waals surface area contributed by atoms with E-state index in [0.29, 0.717) is 57.3 Å². The van der Waals surface area contributed by atoms with Crippen LogP contribution in [0.25, 0.3) is 22.3 Å². The molecule has 5 rings (SSSR count). The van der Waals surface area contributed by atoms with E-state index in [1.165, 1.54) is 17.9 Å². The smallest absolute Gasteiger partial charge is 0.223 e. The van der Waals surface area contributed by atoms with Crippen molar-refractivity contribution in [3.8, 4) is 11.4 Å². The zero-order valence-corrected chi connectivity index (χ0v) is 21.6. The fourth-order valence-electron chi connectivity index (χ4n) is 4.76. The lowest BCUT2D eigenvalue weighted by Crippen LogP contribution is -2.49. The topological polar surface area (TPSA) is 106 Å². The molecule has 9 nitrogen and oxygen atoms in total. The number of hydrogen-bond donors (Lipinski definition) is 3. The quantitative estimate of drug-likeness (QED) is 0.297. The third-order valence-corrected chi connectivity index (χ3v) is 6.79. The monoisotopic (exact) mass is 511 g/mol. The number of amides is 2. The molecule has 0 spiro atoms. The third-order valence-electron chi connectivity index (χ3n) is 6.79. The SMILES string of the molecule is CC(=O)NCCNc1cc(N2CCN(C(=O)CCc3c[nH]c4ccccc34)CC2)nc(-c2ccccc2)n1. The molecule has 0 unspecified atom stereocenters. The number of fused-ring (bicyclic) bond motifs is 1. The van der Waals surface area contributed by atoms with Crippen molar-refractivity contribution < 1.29 is 9.59 Å². The molecule has 38 heavy (non-hydrogen) atoms. The summed E-state index contributed by atoms with van der Waals surface area (Å²) in [6.45, 7) is 5.29. The van der Waals surface area contributed by atoms with Crippen LogP contribution < -0.4 is 15.5 Å². The number of anilines is 2. The van der Waals surface area contributed by atoms with Gasteiger partial charge in [0.05, 0.1) is 0 Å². The molecule has 2 aromatic carbocycles. The average Bonchev–Trinajstić information content (AvgIpc) is 3.37. The number of para-hydroxylation sites is 1. The second kappa shape index (κ2) is 11.8. The number of carbonyl (C=O) groups is 2. The number of aryl methyl sites for hydroxylation is 1. The number of nitrogens with one attached hydrogen (secondary N) is 3. The van der Waals surface area contributed by atoms with Crippen molar-refractivity contribution in [3.05, 3.63) is 72.4 Å². The van der Waals surface area contributed by atoms with E-state index in [0.717, 1.165) is 23.3 Å². The summed E-state index contributed by atoms with van der Waals surface area (Å²) in [5, 5.41) is 7.27. The van der Waals surface area contributed by atoms with Crippen LogP contribution in [0.3, 0.4) is 0 Å². The highest BCUT2D eigenvalue weighted by Crippen LogP contribution is 2.24. The number of nitrogens with zero attached hydrogens (tertiary/aromatic N) is 4. The van der Waals surface area contributed by atoms with Gasteiger partial charge >= 0.3 is 0 Å². The average molecular weight is 512 g/mol. The van der Waals surface area contributed by atoms with Crippen LogP contribution >= 0.6 is 0 Å². The van der Waals surface area contributed by atoms with E-state index in [-0.39, 0.29) is 11.8 Å². The molecule has 196 valence electrons. The van der Waals surface area contributed by atoms with Gasteiger partial charge in [0.2, 0.25) is 11.8 Å². The van der Waals surface area contributed by atoms with E-state index < -0.39 is 0 Å². The Hall–Kier alpha value is -4.40. The van der Waals surface area contributed by atoms with Crippen LogP contribution in [-0.2, 0) is 16.0 Å². The van der Waals surface area contributed by atoms with Crippen LogP contribution in [0.1, 0.15) is 18.9 Å². The summed E-state index contributed by atoms with van der Waals surface area (Å²) in [6.07, 6.45) is 3.23. The normalized spacial score (nSPS) is 13.5. The van der Waals surface area contributed by atoms with Gasteiger partial charge in [-0.15, -0.1) is 0 Å². The molecule has 9 heteroatoms. The highest BCUT2D eigenvalue weighted by atomic mass is 16.2. The summed E-state index contributed by atoms with van der Waals surface area (Å²) >= 11 is 0. The molecule has 2 amide bonds. The highest BCUT2D eigenvalue weighted by Gasteiger charge is 2.23. The zero-order chi connectivity index (χ0) is 26.3. The third kappa shape index (κ3) is 6.11. The Labute approximate surface area is 222 Å². The van der Waals surface area contributed by atoms with Gasteiger partial charge in [-0.1, -0.05) is 48.5 Å². The van der Waals surface area contributed by atoms with Gasteiger partial charge in [-0.2, -0.15) is 0 Å². The summed E-state index contributed by atoms with van der Waals surface area (Å²) in [5.74, 6) is 2.29. The number of carbonyl (C=O) groups excluding carboxylic acids is 2. The van der Waals surface area contributed by atoms with Gasteiger partial charge in [-0.25, -0.2) is 9.97 Å². The lowest BCUT2D eigenvalue weighted by molar-refractivity contribution is -0.131. The zero-order valence-electron chi connectivity index (χ0n) is 21.6. The van der Waals surface area contributed by atoms with Crippen molar-refractivity contribution in [2.24, 2.45) is 0 Å². The van der Waals surface area contributed by atoms with Crippen molar-refractivity contribution in [1.82, 2.24) is 25.2 Å². The van der Waals surface area contributed by atoms with Gasteiger partial charge in [0.25, 0.3) is 0 Å². The van der Waals surface area contributed by atoms with Crippen LogP contribution in [0.2, 0.25) is 0 Å². The fourth-order valence-corrected chi connectivity index (χ4v) is 4.76. The minimum absolute atomic E-state index is 0.0611. The number of benzene rings is 2. The number of hydrogen-bond acceptors (Lipinski definition) is 6. The first-order valence-electron chi connectivity index (χ1n) is 13.1. The molecule has 0 aliphatic carbocycles. The minimum Gasteiger partial charge on any atom is -0.368 e. The molecule has 1 saturated heterocycles. The molecule has 0 bridgehead atoms. The number of aromatic amines is 1. The van der Waals surface area contributed by atoms with E-state index in [4.69, 9.17) is 9.97 Å². The predicted octanol–water partition coefficient (Wildman–Crippen LogP) is 3.45. The van der Waals surface area contributed by atoms with Crippen molar-refractivity contribution in [1.29, 1.82) is 0 Å². The summed E-state index contributed by atoms with van der Waals surface area (Å²) in [4.78, 5) is 41.2. The van der Waals surface area contributed by atoms with Gasteiger partial charge < -0.3 is 25.4 Å². The summed E-state index contributed by atoms with van der Waals surface area (Å²) in [6, 6.07) is 20.0. The van der Waals surface area contributed by atoms with Crippen LogP contribution in [-0.4, -0.2) is 70.9 Å². The largest absolute Gasteiger partial charge is 0.368 e. The van der Waals surface area contributed by atoms with Crippen molar-refractivity contribution >= 4 is 34.4 Å². The van der Waals surface area contributed by atoms with Gasteiger partial charge in [-0.05, 0) is 18.1 Å². The molecule has 0 saturated carbocycles. The molecule has 4 aromatic rings. The Morgan fingerprint density at radius 1 is 0.947 bits per heavy atom. The standard InChI is InChI=1S/C29H33N7O2/c1-21(37)30-13-14-31-26-19-27(34-29(33-26)22-7-3-2-4-8-22)35-15-17-36(18-16-35)28(38)12-11-23-20-32-25-10-6-5-9-24(23)25/h2-10,19-20,32H,11-18H2,1H3,(H,30,37)(H,31,33,34). The maximum absolute atomic E-state index is 13.0. The molecule has 3 N–H and O–H groups in total. The van der Waals surface area contributed by atoms with Gasteiger partial charge in [0, 0.05) is 81.3 Å². The van der Waals surface area contributed by atoms with Crippen molar-refractivity contribution in [2.45, 2.75) is 19.8 Å². The number of piperazine rings is 1. The van der Waals surface area contributed by atoms with E-state index >= 15 is 0 Å². The van der Waals surface area contributed by atoms with Crippen LogP contribution in [0.5, 0.6) is 0 Å². The van der Waals surface area contributed by atoms with Crippen LogP contribution in [0.15, 0.2) is 66.9 Å². The second-order valence-corrected chi connectivity index (χ2v) is 9.44. The first-order valence-corrected chi connectivity index (χ1v) is 13.1. The first kappa shape index (κ1) is 25.3. The van der Waals surface area contributed by atoms with E-state index in [1.54, 1.807) is 0 Å². The molecule has 0 radical (unpaired) electrons. The van der Waals surface area contributed by atoms with Crippen molar-refractivity contribution in [3.63, 3.8) is 0 Å². The maximum atomic E-state index is 13.0. The van der Waals surface area contributed by atoms with Crippen molar-refractivity contribution in [2.75, 3.05) is 49.5 Å². The Morgan fingerprint density at radius 2 is 1.71 bits per heavy atom. The molecular formula is C29H33N7O2. The summed E-state index contributed by atoms with van der Waals surface area (Å²) in [7, 11) is 0. The van der Waals surface area contributed by atoms with Gasteiger partial charge in [-0.3, -0.25) is 9.59 Å². The highest BCUT2D eigenvalue weighted by molar-refractivity contribution is 5.84. The number of rotatable bonds is 9. The fraction of sp³-hybridized carbons (Fsp3) is 0.310. The molecule has 0 atom stereocenters. The van der Waals surface area contributed by atoms with Crippen LogP contribution in [0, 0.1) is 0 Å². The Bertz CT molecular complexity index is 1390. The molecular weight excluding hydrogens is 478 g/mol. The molecule has 1 aliphatic rings. The molecule has 1 aliphatic heterocycles. The Morgan fingerprint density at radius 3 is 2.50 bits per heavy atom. The second-order valence-electron chi connectivity index (χ2n) is 9.44. The molecule has 1 fully saturated rings. The minimum atomic E-state index is -0.0611. The van der Waals surface area contributed by atoms with Gasteiger partial charge in [0.15, 0.2) is 5.82 Å². The number of H-pyrrole nitrogens is 1. The summed E-state index contributed by atoms with van der Waals surface area (Å²) < 4.78 is 0. The predicted molar refractivity (Wildman–Crippen MR) is 150 cm³/mol. The van der Waals surface area contributed by atoms with E-state index in [9.17, 15) is 9.59 Å². The van der Waals surface area contributed by atoms with E-state index in [2.05, 4.69) is 32.7 Å². The van der Waals surface area contributed by atoms with Crippen LogP contribution in [0.4, 0.5) is 11.6 Å². The lowest BCUT2D eigenvalue weighted by Gasteiger charge is -2.35. The molecule has 2 aromatic heterocycles. The first-order chi connectivity index (χ1) is 18.6. The van der Waals surface area contributed by atoms with E-state index in [1.807, 2.05) is 59.6 Å². The van der Waals surface area contributed by atoms with Gasteiger partial charge in [0.1, 0.15) is 11.6 Å². The maximum Gasteiger partial charge on any atom is 0.223 e.